The topological polar surface area (TPSA) is 70.7 Å². The van der Waals surface area contributed by atoms with Crippen LogP contribution in [0.5, 0.6) is 5.75 Å². The number of carbonyl (C=O) groups is 2. The number of amides is 1. The molecule has 2 fully saturated rings. The summed E-state index contributed by atoms with van der Waals surface area (Å²) in [4.78, 5) is 25.7. The summed E-state index contributed by atoms with van der Waals surface area (Å²) < 4.78 is 5.79. The van der Waals surface area contributed by atoms with Gasteiger partial charge in [-0.05, 0) is 76.1 Å². The molecule has 2 aliphatic rings. The molecule has 172 valence electrons. The number of carbonyl (C=O) groups excluding carboxylic acids is 2. The lowest BCUT2D eigenvalue weighted by molar-refractivity contribution is -0.134. The second-order valence-corrected chi connectivity index (χ2v) is 9.24. The Morgan fingerprint density at radius 2 is 1.77 bits per heavy atom. The molecule has 6 heteroatoms. The highest BCUT2D eigenvalue weighted by molar-refractivity contribution is 5.78. The van der Waals surface area contributed by atoms with Crippen molar-refractivity contribution in [3.63, 3.8) is 0 Å². The zero-order valence-electron chi connectivity index (χ0n) is 19.3. The number of nitrogens with one attached hydrogen (secondary N) is 2. The zero-order chi connectivity index (χ0) is 22.1. The van der Waals surface area contributed by atoms with Crippen LogP contribution in [0.15, 0.2) is 18.2 Å². The Bertz CT molecular complexity index is 723. The molecule has 0 aromatic heterocycles. The standard InChI is InChI=1S/C25H39N3O3/c1-19-3-6-23(17-24(19)27-14-7-20(2)29)31-18-25(30)28-15-10-22(11-16-28)5-4-21-8-12-26-13-9-21/h3,6,17,21-22,26-27H,4-5,7-16,18H2,1-2H3. The Morgan fingerprint density at radius 1 is 1.10 bits per heavy atom. The number of anilines is 1. The number of hydrogen-bond donors (Lipinski definition) is 2. The molecule has 1 aromatic carbocycles. The molecule has 1 amide bonds. The first-order chi connectivity index (χ1) is 15.0. The highest BCUT2D eigenvalue weighted by Crippen LogP contribution is 2.27. The van der Waals surface area contributed by atoms with Crippen molar-refractivity contribution in [1.29, 1.82) is 0 Å². The first-order valence-corrected chi connectivity index (χ1v) is 12.0. The van der Waals surface area contributed by atoms with Gasteiger partial charge in [-0.15, -0.1) is 0 Å². The first kappa shape index (κ1) is 23.6. The second-order valence-electron chi connectivity index (χ2n) is 9.24. The van der Waals surface area contributed by atoms with E-state index in [0.717, 1.165) is 49.0 Å². The minimum Gasteiger partial charge on any atom is -0.484 e. The van der Waals surface area contributed by atoms with Gasteiger partial charge in [0.25, 0.3) is 5.91 Å². The zero-order valence-corrected chi connectivity index (χ0v) is 19.3. The maximum Gasteiger partial charge on any atom is 0.260 e. The van der Waals surface area contributed by atoms with Crippen molar-refractivity contribution in [1.82, 2.24) is 10.2 Å². The fourth-order valence-electron chi connectivity index (χ4n) is 4.60. The quantitative estimate of drug-likeness (QED) is 0.592. The van der Waals surface area contributed by atoms with Gasteiger partial charge in [0.1, 0.15) is 11.5 Å². The highest BCUT2D eigenvalue weighted by Gasteiger charge is 2.24. The van der Waals surface area contributed by atoms with Crippen molar-refractivity contribution in [2.45, 2.75) is 58.8 Å². The lowest BCUT2D eigenvalue weighted by atomic mass is 9.85. The number of piperidine rings is 2. The average Bonchev–Trinajstić information content (AvgIpc) is 2.78. The molecule has 3 rings (SSSR count). The Balaban J connectivity index is 1.37. The van der Waals surface area contributed by atoms with Crippen LogP contribution in [0.4, 0.5) is 5.69 Å². The molecular weight excluding hydrogens is 390 g/mol. The molecule has 2 N–H and O–H groups in total. The van der Waals surface area contributed by atoms with Crippen LogP contribution in [-0.2, 0) is 9.59 Å². The van der Waals surface area contributed by atoms with E-state index in [0.29, 0.717) is 18.7 Å². The predicted octanol–water partition coefficient (Wildman–Crippen LogP) is 3.78. The fraction of sp³-hybridized carbons (Fsp3) is 0.680. The second kappa shape index (κ2) is 12.1. The molecule has 1 aromatic rings. The van der Waals surface area contributed by atoms with Gasteiger partial charge in [-0.1, -0.05) is 18.9 Å². The average molecular weight is 430 g/mol. The maximum atomic E-state index is 12.6. The van der Waals surface area contributed by atoms with Crippen LogP contribution >= 0.6 is 0 Å². The van der Waals surface area contributed by atoms with E-state index < -0.39 is 0 Å². The van der Waals surface area contributed by atoms with Gasteiger partial charge in [-0.3, -0.25) is 9.59 Å². The highest BCUT2D eigenvalue weighted by atomic mass is 16.5. The van der Waals surface area contributed by atoms with E-state index in [1.807, 2.05) is 30.0 Å². The van der Waals surface area contributed by atoms with E-state index in [1.165, 1.54) is 38.8 Å². The molecule has 0 spiro atoms. The minimum absolute atomic E-state index is 0.0727. The van der Waals surface area contributed by atoms with Gasteiger partial charge in [0.05, 0.1) is 0 Å². The van der Waals surface area contributed by atoms with E-state index >= 15 is 0 Å². The van der Waals surface area contributed by atoms with Crippen LogP contribution in [-0.4, -0.2) is 55.9 Å². The monoisotopic (exact) mass is 429 g/mol. The van der Waals surface area contributed by atoms with E-state index in [4.69, 9.17) is 4.74 Å². The van der Waals surface area contributed by atoms with E-state index in [2.05, 4.69) is 10.6 Å². The SMILES string of the molecule is CC(=O)CCNc1cc(OCC(=O)N2CCC(CCC3CCNCC3)CC2)ccc1C. The number of benzene rings is 1. The molecule has 0 saturated carbocycles. The van der Waals surface area contributed by atoms with Crippen LogP contribution < -0.4 is 15.4 Å². The van der Waals surface area contributed by atoms with Gasteiger partial charge in [0.2, 0.25) is 0 Å². The third-order valence-electron chi connectivity index (χ3n) is 6.77. The summed E-state index contributed by atoms with van der Waals surface area (Å²) >= 11 is 0. The molecule has 0 radical (unpaired) electrons. The van der Waals surface area contributed by atoms with Gasteiger partial charge in [0, 0.05) is 37.8 Å². The number of likely N-dealkylation sites (tertiary alicyclic amines) is 1. The summed E-state index contributed by atoms with van der Waals surface area (Å²) in [6, 6.07) is 5.78. The van der Waals surface area contributed by atoms with Gasteiger partial charge >= 0.3 is 0 Å². The molecule has 2 saturated heterocycles. The van der Waals surface area contributed by atoms with E-state index in [1.54, 1.807) is 6.92 Å². The van der Waals surface area contributed by atoms with Gasteiger partial charge in [-0.2, -0.15) is 0 Å². The number of rotatable bonds is 10. The van der Waals surface area contributed by atoms with Crippen molar-refractivity contribution >= 4 is 17.4 Å². The number of aryl methyl sites for hydroxylation is 1. The van der Waals surface area contributed by atoms with Crippen LogP contribution in [0.25, 0.3) is 0 Å². The summed E-state index contributed by atoms with van der Waals surface area (Å²) in [6.45, 7) is 8.34. The third kappa shape index (κ3) is 7.84. The van der Waals surface area contributed by atoms with E-state index in [9.17, 15) is 9.59 Å². The number of ketones is 1. The molecule has 0 unspecified atom stereocenters. The van der Waals surface area contributed by atoms with Gasteiger partial charge < -0.3 is 20.3 Å². The Morgan fingerprint density at radius 3 is 2.45 bits per heavy atom. The van der Waals surface area contributed by atoms with Gasteiger partial charge in [0.15, 0.2) is 6.61 Å². The largest absolute Gasteiger partial charge is 0.484 e. The molecule has 6 nitrogen and oxygen atoms in total. The van der Waals surface area contributed by atoms with Crippen molar-refractivity contribution in [2.24, 2.45) is 11.8 Å². The van der Waals surface area contributed by atoms with Crippen molar-refractivity contribution in [2.75, 3.05) is 44.6 Å². The lowest BCUT2D eigenvalue weighted by Crippen LogP contribution is -2.41. The molecule has 31 heavy (non-hydrogen) atoms. The number of nitrogens with zero attached hydrogens (tertiary/aromatic N) is 1. The van der Waals surface area contributed by atoms with Crippen molar-refractivity contribution < 1.29 is 14.3 Å². The molecule has 0 bridgehead atoms. The summed E-state index contributed by atoms with van der Waals surface area (Å²) in [6.07, 6.45) is 8.03. The van der Waals surface area contributed by atoms with Gasteiger partial charge in [-0.25, -0.2) is 0 Å². The first-order valence-electron chi connectivity index (χ1n) is 12.0. The normalized spacial score (nSPS) is 18.1. The lowest BCUT2D eigenvalue weighted by Gasteiger charge is -2.33. The number of hydrogen-bond acceptors (Lipinski definition) is 5. The summed E-state index contributed by atoms with van der Waals surface area (Å²) in [7, 11) is 0. The third-order valence-corrected chi connectivity index (χ3v) is 6.77. The smallest absolute Gasteiger partial charge is 0.260 e. The van der Waals surface area contributed by atoms with Crippen LogP contribution in [0, 0.1) is 18.8 Å². The molecule has 0 aliphatic carbocycles. The van der Waals surface area contributed by atoms with Crippen molar-refractivity contribution in [3.05, 3.63) is 23.8 Å². The Labute approximate surface area is 187 Å². The Kier molecular flexibility index (Phi) is 9.19. The Hall–Kier alpha value is -2.08. The van der Waals surface area contributed by atoms with Crippen LogP contribution in [0.3, 0.4) is 0 Å². The van der Waals surface area contributed by atoms with E-state index in [-0.39, 0.29) is 18.3 Å². The number of ether oxygens (including phenoxy) is 1. The summed E-state index contributed by atoms with van der Waals surface area (Å²) in [5.41, 5.74) is 2.04. The number of Topliss-reactive ketones (excluding diaryl/α,β-unsaturated/α-hetero) is 1. The minimum atomic E-state index is 0.0727. The fourth-order valence-corrected chi connectivity index (χ4v) is 4.60. The maximum absolute atomic E-state index is 12.6. The molecular formula is C25H39N3O3. The van der Waals surface area contributed by atoms with Crippen LogP contribution in [0.1, 0.15) is 57.4 Å². The molecule has 2 heterocycles. The predicted molar refractivity (Wildman–Crippen MR) is 125 cm³/mol. The van der Waals surface area contributed by atoms with Crippen LogP contribution in [0.2, 0.25) is 0 Å². The van der Waals surface area contributed by atoms with Crippen molar-refractivity contribution in [3.8, 4) is 5.75 Å². The summed E-state index contributed by atoms with van der Waals surface area (Å²) in [5.74, 6) is 2.58. The molecule has 0 atom stereocenters. The summed E-state index contributed by atoms with van der Waals surface area (Å²) in [5, 5.41) is 6.72. The molecule has 2 aliphatic heterocycles.